The van der Waals surface area contributed by atoms with Crippen molar-refractivity contribution in [3.63, 3.8) is 0 Å². The van der Waals surface area contributed by atoms with Crippen molar-refractivity contribution in [2.24, 2.45) is 0 Å². The molecule has 5 nitrogen and oxygen atoms in total. The molecule has 0 spiro atoms. The van der Waals surface area contributed by atoms with Crippen molar-refractivity contribution in [1.29, 1.82) is 0 Å². The Hall–Kier alpha value is -3.18. The van der Waals surface area contributed by atoms with E-state index in [9.17, 15) is 9.59 Å². The number of quaternary nitrogens is 1. The Balaban J connectivity index is 1.36. The third kappa shape index (κ3) is 4.46. The van der Waals surface area contributed by atoms with Crippen molar-refractivity contribution in [2.75, 3.05) is 26.2 Å². The van der Waals surface area contributed by atoms with Crippen LogP contribution in [0, 0.1) is 0 Å². The Labute approximate surface area is 170 Å². The van der Waals surface area contributed by atoms with Crippen LogP contribution in [0.2, 0.25) is 0 Å². The number of nitrogens with one attached hydrogen (secondary N) is 1. The molecule has 1 aliphatic heterocycles. The Morgan fingerprint density at radius 3 is 2.34 bits per heavy atom. The second kappa shape index (κ2) is 8.45. The highest BCUT2D eigenvalue weighted by molar-refractivity contribution is 5.94. The van der Waals surface area contributed by atoms with Gasteiger partial charge in [-0.05, 0) is 35.0 Å². The van der Waals surface area contributed by atoms with Crippen molar-refractivity contribution in [2.45, 2.75) is 13.5 Å². The maximum atomic E-state index is 12.8. The molecule has 3 aromatic carbocycles. The minimum Gasteiger partial charge on any atom is -0.427 e. The lowest BCUT2D eigenvalue weighted by Gasteiger charge is -2.32. The first-order valence-corrected chi connectivity index (χ1v) is 9.98. The van der Waals surface area contributed by atoms with Gasteiger partial charge in [-0.15, -0.1) is 0 Å². The van der Waals surface area contributed by atoms with Gasteiger partial charge in [0, 0.05) is 18.1 Å². The monoisotopic (exact) mass is 389 g/mol. The third-order valence-corrected chi connectivity index (χ3v) is 5.44. The molecule has 1 N–H and O–H groups in total. The van der Waals surface area contributed by atoms with Crippen LogP contribution in [-0.4, -0.2) is 43.0 Å². The predicted molar refractivity (Wildman–Crippen MR) is 112 cm³/mol. The molecule has 0 radical (unpaired) electrons. The lowest BCUT2D eigenvalue weighted by molar-refractivity contribution is -0.917. The molecule has 0 bridgehead atoms. The zero-order valence-electron chi connectivity index (χ0n) is 16.6. The smallest absolute Gasteiger partial charge is 0.308 e. The van der Waals surface area contributed by atoms with Crippen molar-refractivity contribution in [3.8, 4) is 5.75 Å². The summed E-state index contributed by atoms with van der Waals surface area (Å²) in [6.07, 6.45) is 0. The number of hydrogen-bond acceptors (Lipinski definition) is 3. The van der Waals surface area contributed by atoms with Crippen molar-refractivity contribution < 1.29 is 19.2 Å². The summed E-state index contributed by atoms with van der Waals surface area (Å²) < 4.78 is 5.03. The van der Waals surface area contributed by atoms with Gasteiger partial charge < -0.3 is 14.5 Å². The summed E-state index contributed by atoms with van der Waals surface area (Å²) in [5, 5.41) is 2.59. The van der Waals surface area contributed by atoms with Crippen LogP contribution in [0.15, 0.2) is 66.7 Å². The van der Waals surface area contributed by atoms with Gasteiger partial charge in [-0.2, -0.15) is 0 Å². The van der Waals surface area contributed by atoms with E-state index in [-0.39, 0.29) is 11.9 Å². The lowest BCUT2D eigenvalue weighted by atomic mass is 10.0. The van der Waals surface area contributed by atoms with Gasteiger partial charge in [-0.25, -0.2) is 0 Å². The number of piperazine rings is 1. The molecule has 29 heavy (non-hydrogen) atoms. The van der Waals surface area contributed by atoms with Crippen LogP contribution in [0.1, 0.15) is 22.8 Å². The molecule has 0 saturated carbocycles. The van der Waals surface area contributed by atoms with E-state index in [1.807, 2.05) is 4.90 Å². The maximum absolute atomic E-state index is 12.8. The van der Waals surface area contributed by atoms with Crippen molar-refractivity contribution in [3.05, 3.63) is 77.9 Å². The van der Waals surface area contributed by atoms with Gasteiger partial charge in [0.2, 0.25) is 0 Å². The van der Waals surface area contributed by atoms with Crippen molar-refractivity contribution >= 4 is 22.6 Å². The van der Waals surface area contributed by atoms with Gasteiger partial charge in [-0.3, -0.25) is 9.59 Å². The normalized spacial score (nSPS) is 14.7. The van der Waals surface area contributed by atoms with Crippen LogP contribution in [-0.2, 0) is 11.3 Å². The van der Waals surface area contributed by atoms with E-state index < -0.39 is 0 Å². The van der Waals surface area contributed by atoms with Gasteiger partial charge in [0.25, 0.3) is 5.91 Å². The fraction of sp³-hybridized carbons (Fsp3) is 0.250. The number of amides is 1. The van der Waals surface area contributed by atoms with Crippen molar-refractivity contribution in [1.82, 2.24) is 4.90 Å². The van der Waals surface area contributed by atoms with E-state index in [4.69, 9.17) is 4.74 Å². The highest BCUT2D eigenvalue weighted by atomic mass is 16.5. The van der Waals surface area contributed by atoms with Crippen LogP contribution in [0.5, 0.6) is 5.75 Å². The summed E-state index contributed by atoms with van der Waals surface area (Å²) in [7, 11) is 0. The molecule has 0 unspecified atom stereocenters. The summed E-state index contributed by atoms with van der Waals surface area (Å²) in [4.78, 5) is 27.2. The number of nitrogens with zero attached hydrogens (tertiary/aromatic N) is 1. The molecule has 1 amide bonds. The quantitative estimate of drug-likeness (QED) is 0.550. The largest absolute Gasteiger partial charge is 0.427 e. The molecule has 0 aromatic heterocycles. The number of ether oxygens (including phenoxy) is 1. The predicted octanol–water partition coefficient (Wildman–Crippen LogP) is 2.31. The van der Waals surface area contributed by atoms with Crippen LogP contribution in [0.4, 0.5) is 0 Å². The van der Waals surface area contributed by atoms with Gasteiger partial charge >= 0.3 is 5.97 Å². The molecule has 3 aromatic rings. The van der Waals surface area contributed by atoms with Crippen LogP contribution in [0.25, 0.3) is 10.8 Å². The minimum atomic E-state index is -0.366. The summed E-state index contributed by atoms with van der Waals surface area (Å²) in [6, 6.07) is 21.7. The standard InChI is InChI=1S/C24H24N2O3/c1-18(27)29-22-11-9-20(10-12-22)24(28)26-15-13-25(14-16-26)17-21-7-4-6-19-5-2-3-8-23(19)21/h2-12H,13-17H2,1H3/p+1. The molecule has 0 atom stereocenters. The fourth-order valence-electron chi connectivity index (χ4n) is 3.93. The molecule has 1 heterocycles. The molecule has 4 rings (SSSR count). The summed E-state index contributed by atoms with van der Waals surface area (Å²) in [5.41, 5.74) is 1.98. The molecule has 5 heteroatoms. The topological polar surface area (TPSA) is 51.1 Å². The first-order valence-electron chi connectivity index (χ1n) is 9.98. The minimum absolute atomic E-state index is 0.0311. The fourth-order valence-corrected chi connectivity index (χ4v) is 3.93. The number of rotatable bonds is 4. The Morgan fingerprint density at radius 1 is 0.931 bits per heavy atom. The highest BCUT2D eigenvalue weighted by Gasteiger charge is 2.25. The number of carbonyl (C=O) groups is 2. The summed E-state index contributed by atoms with van der Waals surface area (Å²) >= 11 is 0. The van der Waals surface area contributed by atoms with Gasteiger partial charge in [0.15, 0.2) is 0 Å². The number of fused-ring (bicyclic) bond motifs is 1. The van der Waals surface area contributed by atoms with Crippen LogP contribution < -0.4 is 9.64 Å². The first-order chi connectivity index (χ1) is 14.1. The van der Waals surface area contributed by atoms with E-state index in [0.717, 1.165) is 32.7 Å². The Kier molecular flexibility index (Phi) is 5.58. The average molecular weight is 389 g/mol. The molecular formula is C24H25N2O3+. The van der Waals surface area contributed by atoms with Crippen LogP contribution in [0.3, 0.4) is 0 Å². The number of hydrogen-bond donors (Lipinski definition) is 1. The SMILES string of the molecule is CC(=O)Oc1ccc(C(=O)N2CC[NH+](Cc3cccc4ccccc34)CC2)cc1. The summed E-state index contributed by atoms with van der Waals surface area (Å²) in [6.45, 7) is 5.68. The van der Waals surface area contributed by atoms with Gasteiger partial charge in [-0.1, -0.05) is 42.5 Å². The zero-order chi connectivity index (χ0) is 20.2. The summed E-state index contributed by atoms with van der Waals surface area (Å²) in [5.74, 6) is 0.122. The Morgan fingerprint density at radius 2 is 1.62 bits per heavy atom. The second-order valence-corrected chi connectivity index (χ2v) is 7.48. The van der Waals surface area contributed by atoms with E-state index >= 15 is 0 Å². The average Bonchev–Trinajstić information content (AvgIpc) is 2.74. The number of benzene rings is 3. The molecule has 1 aliphatic rings. The van der Waals surface area contributed by atoms with Crippen LogP contribution >= 0.6 is 0 Å². The Bertz CT molecular complexity index is 1020. The van der Waals surface area contributed by atoms with Gasteiger partial charge in [0.05, 0.1) is 26.2 Å². The second-order valence-electron chi connectivity index (χ2n) is 7.48. The van der Waals surface area contributed by atoms with E-state index in [2.05, 4.69) is 42.5 Å². The molecule has 148 valence electrons. The van der Waals surface area contributed by atoms with E-state index in [1.54, 1.807) is 24.3 Å². The maximum Gasteiger partial charge on any atom is 0.308 e. The lowest BCUT2D eigenvalue weighted by Crippen LogP contribution is -3.13. The molecule has 1 saturated heterocycles. The molecular weight excluding hydrogens is 364 g/mol. The highest BCUT2D eigenvalue weighted by Crippen LogP contribution is 2.18. The molecule has 0 aliphatic carbocycles. The molecule has 1 fully saturated rings. The zero-order valence-corrected chi connectivity index (χ0v) is 16.6. The van der Waals surface area contributed by atoms with E-state index in [1.165, 1.54) is 28.2 Å². The third-order valence-electron chi connectivity index (χ3n) is 5.44. The number of carbonyl (C=O) groups excluding carboxylic acids is 2. The van der Waals surface area contributed by atoms with E-state index in [0.29, 0.717) is 11.3 Å². The van der Waals surface area contributed by atoms with Gasteiger partial charge in [0.1, 0.15) is 12.3 Å². The number of esters is 1. The first kappa shape index (κ1) is 19.2.